The van der Waals surface area contributed by atoms with E-state index in [9.17, 15) is 4.79 Å². The normalized spacial score (nSPS) is 19.6. The number of hydrogen-bond donors (Lipinski definition) is 0. The maximum Gasteiger partial charge on any atom is 0.245 e. The summed E-state index contributed by atoms with van der Waals surface area (Å²) in [7, 11) is 1.82. The average molecular weight is 437 g/mol. The summed E-state index contributed by atoms with van der Waals surface area (Å²) in [4.78, 5) is 17.2. The van der Waals surface area contributed by atoms with E-state index in [0.29, 0.717) is 16.6 Å². The number of hydrogen-bond acceptors (Lipinski definition) is 4. The molecule has 0 unspecified atom stereocenters. The number of amides is 1. The standard InChI is InChI=1S/C21H22Cl2N2O2S/c1-24(18-4-2-3-5-20(18)27-16-7-8-16)21(26)19-12-28-13-25(19)11-14-10-15(22)6-9-17(14)23/h2-6,9-10,16,19H,7-8,11-13H2,1H3/t19-/m0/s1. The quantitative estimate of drug-likeness (QED) is 0.632. The molecule has 1 aliphatic carbocycles. The first-order chi connectivity index (χ1) is 13.5. The molecule has 1 atom stereocenters. The van der Waals surface area contributed by atoms with Crippen molar-refractivity contribution in [2.45, 2.75) is 31.5 Å². The highest BCUT2D eigenvalue weighted by atomic mass is 35.5. The molecule has 0 N–H and O–H groups in total. The fourth-order valence-electron chi connectivity index (χ4n) is 3.29. The van der Waals surface area contributed by atoms with Crippen LogP contribution in [0.15, 0.2) is 42.5 Å². The van der Waals surface area contributed by atoms with Crippen molar-refractivity contribution in [2.75, 3.05) is 23.6 Å². The molecule has 1 amide bonds. The topological polar surface area (TPSA) is 32.8 Å². The molecule has 1 saturated carbocycles. The number of benzene rings is 2. The highest BCUT2D eigenvalue weighted by Crippen LogP contribution is 2.35. The number of ether oxygens (including phenoxy) is 1. The maximum absolute atomic E-state index is 13.3. The van der Waals surface area contributed by atoms with Gasteiger partial charge in [-0.3, -0.25) is 9.69 Å². The number of thioether (sulfide) groups is 1. The Morgan fingerprint density at radius 1 is 1.25 bits per heavy atom. The van der Waals surface area contributed by atoms with E-state index >= 15 is 0 Å². The molecule has 1 heterocycles. The average Bonchev–Trinajstić information content (AvgIpc) is 3.39. The molecule has 1 saturated heterocycles. The minimum Gasteiger partial charge on any atom is -0.488 e. The van der Waals surface area contributed by atoms with Crippen molar-refractivity contribution < 1.29 is 9.53 Å². The molecule has 0 aromatic heterocycles. The van der Waals surface area contributed by atoms with Gasteiger partial charge in [0.1, 0.15) is 5.75 Å². The first kappa shape index (κ1) is 19.9. The first-order valence-electron chi connectivity index (χ1n) is 9.32. The van der Waals surface area contributed by atoms with Crippen LogP contribution in [0.25, 0.3) is 0 Å². The maximum atomic E-state index is 13.3. The molecule has 0 bridgehead atoms. The Labute approximate surface area is 179 Å². The van der Waals surface area contributed by atoms with E-state index in [1.54, 1.807) is 28.8 Å². The summed E-state index contributed by atoms with van der Waals surface area (Å²) >= 11 is 14.2. The molecular weight excluding hydrogens is 415 g/mol. The summed E-state index contributed by atoms with van der Waals surface area (Å²) in [5, 5.41) is 1.32. The van der Waals surface area contributed by atoms with Gasteiger partial charge in [-0.15, -0.1) is 11.8 Å². The van der Waals surface area contributed by atoms with Crippen molar-refractivity contribution in [3.8, 4) is 5.75 Å². The molecule has 2 aliphatic rings. The van der Waals surface area contributed by atoms with Crippen molar-refractivity contribution in [3.63, 3.8) is 0 Å². The highest BCUT2D eigenvalue weighted by Gasteiger charge is 2.35. The highest BCUT2D eigenvalue weighted by molar-refractivity contribution is 7.99. The van der Waals surface area contributed by atoms with E-state index in [0.717, 1.165) is 41.5 Å². The third kappa shape index (κ3) is 4.43. The van der Waals surface area contributed by atoms with Crippen LogP contribution in [0.4, 0.5) is 5.69 Å². The second-order valence-corrected chi connectivity index (χ2v) is 9.02. The summed E-state index contributed by atoms with van der Waals surface area (Å²) in [6.45, 7) is 0.594. The van der Waals surface area contributed by atoms with Crippen LogP contribution in [-0.2, 0) is 11.3 Å². The number of likely N-dealkylation sites (N-methyl/N-ethyl adjacent to an activating group) is 1. The van der Waals surface area contributed by atoms with Crippen molar-refractivity contribution in [2.24, 2.45) is 0 Å². The van der Waals surface area contributed by atoms with E-state index in [-0.39, 0.29) is 18.1 Å². The summed E-state index contributed by atoms with van der Waals surface area (Å²) in [5.74, 6) is 2.38. The molecule has 7 heteroatoms. The number of nitrogens with zero attached hydrogens (tertiary/aromatic N) is 2. The van der Waals surface area contributed by atoms with Crippen molar-refractivity contribution in [3.05, 3.63) is 58.1 Å². The molecular formula is C21H22Cl2N2O2S. The van der Waals surface area contributed by atoms with Gasteiger partial charge < -0.3 is 9.64 Å². The Balaban J connectivity index is 1.51. The lowest BCUT2D eigenvalue weighted by Gasteiger charge is -2.28. The Morgan fingerprint density at radius 2 is 2.04 bits per heavy atom. The van der Waals surface area contributed by atoms with Gasteiger partial charge in [0.15, 0.2) is 0 Å². The molecule has 2 aromatic rings. The van der Waals surface area contributed by atoms with Gasteiger partial charge in [0.2, 0.25) is 5.91 Å². The molecule has 1 aliphatic heterocycles. The summed E-state index contributed by atoms with van der Waals surface area (Å²) in [5.41, 5.74) is 1.76. The third-order valence-electron chi connectivity index (χ3n) is 5.02. The Kier molecular flexibility index (Phi) is 6.07. The van der Waals surface area contributed by atoms with Crippen LogP contribution in [0, 0.1) is 0 Å². The number of rotatable bonds is 6. The van der Waals surface area contributed by atoms with Crippen LogP contribution < -0.4 is 9.64 Å². The van der Waals surface area contributed by atoms with Gasteiger partial charge in [0, 0.05) is 35.3 Å². The molecule has 2 aromatic carbocycles. The monoisotopic (exact) mass is 436 g/mol. The zero-order valence-electron chi connectivity index (χ0n) is 15.6. The molecule has 4 nitrogen and oxygen atoms in total. The van der Waals surface area contributed by atoms with Gasteiger partial charge in [-0.05, 0) is 48.7 Å². The van der Waals surface area contributed by atoms with E-state index in [2.05, 4.69) is 4.90 Å². The molecule has 2 fully saturated rings. The minimum absolute atomic E-state index is 0.0648. The third-order valence-corrected chi connectivity index (χ3v) is 6.68. The van der Waals surface area contributed by atoms with Crippen LogP contribution >= 0.6 is 35.0 Å². The van der Waals surface area contributed by atoms with Crippen molar-refractivity contribution >= 4 is 46.6 Å². The van der Waals surface area contributed by atoms with Crippen LogP contribution in [0.3, 0.4) is 0 Å². The summed E-state index contributed by atoms with van der Waals surface area (Å²) in [6, 6.07) is 13.0. The van der Waals surface area contributed by atoms with Crippen LogP contribution in [0.1, 0.15) is 18.4 Å². The molecule has 28 heavy (non-hydrogen) atoms. The number of halogens is 2. The zero-order valence-corrected chi connectivity index (χ0v) is 17.9. The number of anilines is 1. The van der Waals surface area contributed by atoms with Crippen molar-refractivity contribution in [1.82, 2.24) is 4.90 Å². The predicted molar refractivity (Wildman–Crippen MR) is 117 cm³/mol. The van der Waals surface area contributed by atoms with Gasteiger partial charge in [0.25, 0.3) is 0 Å². The lowest BCUT2D eigenvalue weighted by atomic mass is 10.1. The van der Waals surface area contributed by atoms with Gasteiger partial charge in [0.05, 0.1) is 17.8 Å². The van der Waals surface area contributed by atoms with Crippen LogP contribution in [-0.4, -0.2) is 41.6 Å². The molecule has 4 rings (SSSR count). The second-order valence-electron chi connectivity index (χ2n) is 7.18. The number of carbonyl (C=O) groups excluding carboxylic acids is 1. The van der Waals surface area contributed by atoms with Crippen LogP contribution in [0.2, 0.25) is 10.0 Å². The largest absolute Gasteiger partial charge is 0.488 e. The summed E-state index contributed by atoms with van der Waals surface area (Å²) in [6.07, 6.45) is 2.45. The van der Waals surface area contributed by atoms with E-state index in [1.807, 2.05) is 37.4 Å². The fraction of sp³-hybridized carbons (Fsp3) is 0.381. The fourth-order valence-corrected chi connectivity index (χ4v) is 4.84. The summed E-state index contributed by atoms with van der Waals surface area (Å²) < 4.78 is 6.00. The SMILES string of the molecule is CN(C(=O)[C@@H]1CSCN1Cc1cc(Cl)ccc1Cl)c1ccccc1OC1CC1. The molecule has 0 radical (unpaired) electrons. The Bertz CT molecular complexity index is 875. The van der Waals surface area contributed by atoms with Crippen LogP contribution in [0.5, 0.6) is 5.75 Å². The number of para-hydroxylation sites is 2. The number of carbonyl (C=O) groups is 1. The minimum atomic E-state index is -0.209. The van der Waals surface area contributed by atoms with Gasteiger partial charge in [-0.1, -0.05) is 35.3 Å². The smallest absolute Gasteiger partial charge is 0.245 e. The Hall–Kier alpha value is -1.40. The first-order valence-corrected chi connectivity index (χ1v) is 11.2. The molecule has 148 valence electrons. The van der Waals surface area contributed by atoms with E-state index < -0.39 is 0 Å². The molecule has 0 spiro atoms. The van der Waals surface area contributed by atoms with E-state index in [1.165, 1.54) is 0 Å². The van der Waals surface area contributed by atoms with Gasteiger partial charge >= 0.3 is 0 Å². The lowest BCUT2D eigenvalue weighted by Crippen LogP contribution is -2.45. The van der Waals surface area contributed by atoms with Gasteiger partial charge in [-0.25, -0.2) is 0 Å². The van der Waals surface area contributed by atoms with E-state index in [4.69, 9.17) is 27.9 Å². The second kappa shape index (κ2) is 8.54. The predicted octanol–water partition coefficient (Wildman–Crippen LogP) is 5.07. The lowest BCUT2D eigenvalue weighted by molar-refractivity contribution is -0.122. The van der Waals surface area contributed by atoms with Crippen molar-refractivity contribution in [1.29, 1.82) is 0 Å². The Morgan fingerprint density at radius 3 is 2.82 bits per heavy atom. The van der Waals surface area contributed by atoms with Gasteiger partial charge in [-0.2, -0.15) is 0 Å². The zero-order chi connectivity index (χ0) is 19.7.